The van der Waals surface area contributed by atoms with E-state index in [9.17, 15) is 9.50 Å². The average Bonchev–Trinajstić information content (AvgIpc) is 2.42. The lowest BCUT2D eigenvalue weighted by molar-refractivity contribution is 0.101. The Balaban J connectivity index is 2.21. The van der Waals surface area contributed by atoms with Crippen LogP contribution in [0.3, 0.4) is 0 Å². The summed E-state index contributed by atoms with van der Waals surface area (Å²) in [6, 6.07) is 6.33. The van der Waals surface area contributed by atoms with Gasteiger partial charge in [0, 0.05) is 19.2 Å². The highest BCUT2D eigenvalue weighted by Crippen LogP contribution is 2.15. The zero-order valence-corrected chi connectivity index (χ0v) is 11.2. The number of hydrogen-bond acceptors (Lipinski definition) is 4. The second-order valence-electron chi connectivity index (χ2n) is 4.57. The molecule has 0 heterocycles. The van der Waals surface area contributed by atoms with Crippen molar-refractivity contribution in [2.45, 2.75) is 31.9 Å². The molecule has 2 atom stereocenters. The summed E-state index contributed by atoms with van der Waals surface area (Å²) in [5, 5.41) is 21.5. The van der Waals surface area contributed by atoms with Gasteiger partial charge in [0.2, 0.25) is 0 Å². The van der Waals surface area contributed by atoms with Crippen molar-refractivity contribution in [3.8, 4) is 5.75 Å². The Morgan fingerprint density at radius 2 is 2.11 bits per heavy atom. The van der Waals surface area contributed by atoms with Crippen LogP contribution in [-0.4, -0.2) is 42.1 Å². The van der Waals surface area contributed by atoms with Gasteiger partial charge in [0.25, 0.3) is 0 Å². The first-order valence-corrected chi connectivity index (χ1v) is 6.53. The molecule has 1 aromatic rings. The number of nitrogens with one attached hydrogen (secondary N) is 1. The van der Waals surface area contributed by atoms with Gasteiger partial charge in [0.1, 0.15) is 12.7 Å². The smallest absolute Gasteiger partial charge is 0.165 e. The first-order chi connectivity index (χ1) is 9.13. The molecule has 3 N–H and O–H groups in total. The zero-order valence-electron chi connectivity index (χ0n) is 11.2. The molecule has 1 rings (SSSR count). The van der Waals surface area contributed by atoms with Crippen molar-refractivity contribution in [1.29, 1.82) is 0 Å². The SMILES string of the molecule is CC(CCCO)NCC(O)COc1ccccc1F. The highest BCUT2D eigenvalue weighted by atomic mass is 19.1. The van der Waals surface area contributed by atoms with Crippen molar-refractivity contribution in [2.75, 3.05) is 19.8 Å². The van der Waals surface area contributed by atoms with Gasteiger partial charge >= 0.3 is 0 Å². The molecule has 108 valence electrons. The first kappa shape index (κ1) is 15.9. The van der Waals surface area contributed by atoms with Crippen molar-refractivity contribution in [3.05, 3.63) is 30.1 Å². The van der Waals surface area contributed by atoms with Gasteiger partial charge in [0.05, 0.1) is 0 Å². The number of aliphatic hydroxyl groups is 2. The normalized spacial score (nSPS) is 14.1. The molecular formula is C14H22FNO3. The molecule has 0 amide bonds. The number of ether oxygens (including phenoxy) is 1. The fourth-order valence-corrected chi connectivity index (χ4v) is 1.64. The van der Waals surface area contributed by atoms with E-state index in [1.54, 1.807) is 12.1 Å². The van der Waals surface area contributed by atoms with E-state index in [0.29, 0.717) is 6.54 Å². The molecule has 0 aliphatic heterocycles. The first-order valence-electron chi connectivity index (χ1n) is 6.53. The van der Waals surface area contributed by atoms with E-state index in [1.165, 1.54) is 12.1 Å². The van der Waals surface area contributed by atoms with E-state index >= 15 is 0 Å². The van der Waals surface area contributed by atoms with E-state index < -0.39 is 11.9 Å². The molecule has 0 aliphatic carbocycles. The number of aliphatic hydroxyl groups excluding tert-OH is 2. The lowest BCUT2D eigenvalue weighted by Gasteiger charge is -2.17. The highest BCUT2D eigenvalue weighted by Gasteiger charge is 2.09. The summed E-state index contributed by atoms with van der Waals surface area (Å²) in [7, 11) is 0. The number of benzene rings is 1. The van der Waals surface area contributed by atoms with Crippen LogP contribution in [0.2, 0.25) is 0 Å². The molecule has 4 nitrogen and oxygen atoms in total. The van der Waals surface area contributed by atoms with Crippen LogP contribution in [0.1, 0.15) is 19.8 Å². The lowest BCUT2D eigenvalue weighted by atomic mass is 10.2. The largest absolute Gasteiger partial charge is 0.488 e. The van der Waals surface area contributed by atoms with Crippen LogP contribution in [0.5, 0.6) is 5.75 Å². The monoisotopic (exact) mass is 271 g/mol. The molecule has 2 unspecified atom stereocenters. The third-order valence-corrected chi connectivity index (χ3v) is 2.77. The van der Waals surface area contributed by atoms with Crippen LogP contribution < -0.4 is 10.1 Å². The minimum atomic E-state index is -0.698. The van der Waals surface area contributed by atoms with Crippen LogP contribution in [-0.2, 0) is 0 Å². The predicted octanol–water partition coefficient (Wildman–Crippen LogP) is 1.32. The van der Waals surface area contributed by atoms with Gasteiger partial charge in [-0.15, -0.1) is 0 Å². The van der Waals surface area contributed by atoms with Gasteiger partial charge in [-0.1, -0.05) is 12.1 Å². The van der Waals surface area contributed by atoms with E-state index in [1.807, 2.05) is 6.92 Å². The Hall–Kier alpha value is -1.17. The zero-order chi connectivity index (χ0) is 14.1. The van der Waals surface area contributed by atoms with Crippen LogP contribution >= 0.6 is 0 Å². The maximum atomic E-state index is 13.2. The summed E-state index contributed by atoms with van der Waals surface area (Å²) < 4.78 is 18.5. The minimum absolute atomic E-state index is 0.0423. The summed E-state index contributed by atoms with van der Waals surface area (Å²) in [4.78, 5) is 0. The van der Waals surface area contributed by atoms with E-state index in [-0.39, 0.29) is 25.0 Å². The Morgan fingerprint density at radius 3 is 2.79 bits per heavy atom. The van der Waals surface area contributed by atoms with Gasteiger partial charge in [-0.05, 0) is 31.9 Å². The van der Waals surface area contributed by atoms with Crippen molar-refractivity contribution >= 4 is 0 Å². The molecular weight excluding hydrogens is 249 g/mol. The van der Waals surface area contributed by atoms with Crippen molar-refractivity contribution in [1.82, 2.24) is 5.32 Å². The summed E-state index contributed by atoms with van der Waals surface area (Å²) in [6.45, 7) is 2.58. The topological polar surface area (TPSA) is 61.7 Å². The van der Waals surface area contributed by atoms with Crippen molar-refractivity contribution in [2.24, 2.45) is 0 Å². The van der Waals surface area contributed by atoms with Crippen LogP contribution in [0.25, 0.3) is 0 Å². The Labute approximate surface area is 113 Å². The Morgan fingerprint density at radius 1 is 1.37 bits per heavy atom. The fraction of sp³-hybridized carbons (Fsp3) is 0.571. The summed E-state index contributed by atoms with van der Waals surface area (Å²) in [5.41, 5.74) is 0. The highest BCUT2D eigenvalue weighted by molar-refractivity contribution is 5.23. The van der Waals surface area contributed by atoms with Crippen LogP contribution in [0, 0.1) is 5.82 Å². The van der Waals surface area contributed by atoms with E-state index in [2.05, 4.69) is 5.32 Å². The molecule has 0 fully saturated rings. The van der Waals surface area contributed by atoms with Crippen LogP contribution in [0.4, 0.5) is 4.39 Å². The maximum absolute atomic E-state index is 13.2. The molecule has 0 aromatic heterocycles. The molecule has 0 bridgehead atoms. The molecule has 0 spiro atoms. The van der Waals surface area contributed by atoms with Crippen molar-refractivity contribution < 1.29 is 19.3 Å². The molecule has 0 saturated carbocycles. The number of para-hydroxylation sites is 1. The predicted molar refractivity (Wildman–Crippen MR) is 71.7 cm³/mol. The summed E-state index contributed by atoms with van der Waals surface area (Å²) >= 11 is 0. The number of halogens is 1. The minimum Gasteiger partial charge on any atom is -0.488 e. The van der Waals surface area contributed by atoms with Gasteiger partial charge in [-0.3, -0.25) is 0 Å². The fourth-order valence-electron chi connectivity index (χ4n) is 1.64. The molecule has 5 heteroatoms. The lowest BCUT2D eigenvalue weighted by Crippen LogP contribution is -2.36. The van der Waals surface area contributed by atoms with Gasteiger partial charge in [-0.25, -0.2) is 4.39 Å². The molecule has 0 saturated heterocycles. The molecule has 19 heavy (non-hydrogen) atoms. The second kappa shape index (κ2) is 8.85. The average molecular weight is 271 g/mol. The Bertz CT molecular complexity index is 362. The maximum Gasteiger partial charge on any atom is 0.165 e. The second-order valence-corrected chi connectivity index (χ2v) is 4.57. The Kier molecular flexibility index (Phi) is 7.40. The molecule has 1 aromatic carbocycles. The van der Waals surface area contributed by atoms with Crippen LogP contribution in [0.15, 0.2) is 24.3 Å². The van der Waals surface area contributed by atoms with Crippen molar-refractivity contribution in [3.63, 3.8) is 0 Å². The van der Waals surface area contributed by atoms with Gasteiger partial charge < -0.3 is 20.3 Å². The number of rotatable bonds is 9. The number of hydrogen-bond donors (Lipinski definition) is 3. The van der Waals surface area contributed by atoms with Gasteiger partial charge in [0.15, 0.2) is 11.6 Å². The van der Waals surface area contributed by atoms with E-state index in [4.69, 9.17) is 9.84 Å². The third-order valence-electron chi connectivity index (χ3n) is 2.77. The third kappa shape index (κ3) is 6.52. The quantitative estimate of drug-likeness (QED) is 0.634. The van der Waals surface area contributed by atoms with Gasteiger partial charge in [-0.2, -0.15) is 0 Å². The molecule has 0 radical (unpaired) electrons. The summed E-state index contributed by atoms with van der Waals surface area (Å²) in [5.74, 6) is -0.283. The standard InChI is InChI=1S/C14H22FNO3/c1-11(5-4-8-17)16-9-12(18)10-19-14-7-3-2-6-13(14)15/h2-3,6-7,11-12,16-18H,4-5,8-10H2,1H3. The summed E-state index contributed by atoms with van der Waals surface area (Å²) in [6.07, 6.45) is 0.879. The molecule has 0 aliphatic rings. The van der Waals surface area contributed by atoms with E-state index in [0.717, 1.165) is 12.8 Å².